The van der Waals surface area contributed by atoms with E-state index in [1.54, 1.807) is 6.07 Å². The van der Waals surface area contributed by atoms with Crippen LogP contribution in [0.2, 0.25) is 0 Å². The predicted octanol–water partition coefficient (Wildman–Crippen LogP) is 2.36. The summed E-state index contributed by atoms with van der Waals surface area (Å²) in [7, 11) is -2.69. The summed E-state index contributed by atoms with van der Waals surface area (Å²) in [5, 5.41) is 9.36. The number of methoxy groups -OCH3 is 1. The normalized spacial score (nSPS) is 15.8. The maximum absolute atomic E-state index is 12.3. The van der Waals surface area contributed by atoms with Gasteiger partial charge in [-0.1, -0.05) is 35.0 Å². The molecule has 0 amide bonds. The number of ether oxygens (including phenoxy) is 1. The van der Waals surface area contributed by atoms with E-state index in [-0.39, 0.29) is 16.5 Å². The highest BCUT2D eigenvalue weighted by atomic mass is 32.2. The second-order valence-corrected chi connectivity index (χ2v) is 9.80. The van der Waals surface area contributed by atoms with Crippen molar-refractivity contribution in [1.82, 2.24) is 15.0 Å². The standard InChI is InChI=1S/C23H27N5O5S/c1-15-4-6-17(7-5-15)21-25-22(33-26-21)16(2)27-10-12-28(13-11-27)20-9-8-18(34(24,30)31)14-19(20)23(29)32-3/h4-9,14,16H,10-13H2,1-3H3,(H2,24,30,31). The summed E-state index contributed by atoms with van der Waals surface area (Å²) in [5.41, 5.74) is 2.82. The van der Waals surface area contributed by atoms with Crippen molar-refractivity contribution in [2.75, 3.05) is 38.2 Å². The number of anilines is 1. The molecule has 34 heavy (non-hydrogen) atoms. The van der Waals surface area contributed by atoms with Gasteiger partial charge in [0.1, 0.15) is 0 Å². The highest BCUT2D eigenvalue weighted by Gasteiger charge is 2.28. The molecule has 1 aromatic heterocycles. The third-order valence-corrected chi connectivity index (χ3v) is 6.92. The number of aromatic nitrogens is 2. The van der Waals surface area contributed by atoms with Gasteiger partial charge in [-0.25, -0.2) is 18.4 Å². The van der Waals surface area contributed by atoms with Gasteiger partial charge in [0.05, 0.1) is 29.3 Å². The van der Waals surface area contributed by atoms with Crippen LogP contribution in [0.4, 0.5) is 5.69 Å². The third-order valence-electron chi connectivity index (χ3n) is 6.01. The van der Waals surface area contributed by atoms with Crippen molar-refractivity contribution in [2.45, 2.75) is 24.8 Å². The molecule has 10 nitrogen and oxygen atoms in total. The average Bonchev–Trinajstić information content (AvgIpc) is 3.33. The van der Waals surface area contributed by atoms with Gasteiger partial charge in [0.15, 0.2) is 0 Å². The van der Waals surface area contributed by atoms with Gasteiger partial charge in [-0.05, 0) is 32.0 Å². The first-order valence-corrected chi connectivity index (χ1v) is 12.4. The molecule has 0 spiro atoms. The number of nitrogens with zero attached hydrogens (tertiary/aromatic N) is 4. The summed E-state index contributed by atoms with van der Waals surface area (Å²) in [5.74, 6) is 0.473. The first kappa shape index (κ1) is 23.9. The number of sulfonamides is 1. The van der Waals surface area contributed by atoms with Crippen molar-refractivity contribution < 1.29 is 22.5 Å². The maximum atomic E-state index is 12.3. The Morgan fingerprint density at radius 3 is 2.41 bits per heavy atom. The fraction of sp³-hybridized carbons (Fsp3) is 0.348. The van der Waals surface area contributed by atoms with E-state index in [4.69, 9.17) is 14.4 Å². The zero-order chi connectivity index (χ0) is 24.5. The molecule has 4 rings (SSSR count). The number of aryl methyl sites for hydroxylation is 1. The molecule has 0 saturated carbocycles. The van der Waals surface area contributed by atoms with Gasteiger partial charge >= 0.3 is 5.97 Å². The summed E-state index contributed by atoms with van der Waals surface area (Å²) in [6.45, 7) is 6.63. The average molecular weight is 486 g/mol. The summed E-state index contributed by atoms with van der Waals surface area (Å²) < 4.78 is 33.9. The minimum atomic E-state index is -3.94. The lowest BCUT2D eigenvalue weighted by Crippen LogP contribution is -2.47. The summed E-state index contributed by atoms with van der Waals surface area (Å²) >= 11 is 0. The minimum Gasteiger partial charge on any atom is -0.465 e. The van der Waals surface area contributed by atoms with E-state index in [1.807, 2.05) is 43.0 Å². The lowest BCUT2D eigenvalue weighted by Gasteiger charge is -2.38. The largest absolute Gasteiger partial charge is 0.465 e. The molecule has 2 heterocycles. The predicted molar refractivity (Wildman–Crippen MR) is 126 cm³/mol. The van der Waals surface area contributed by atoms with Crippen LogP contribution in [0.3, 0.4) is 0 Å². The van der Waals surface area contributed by atoms with E-state index in [1.165, 1.54) is 19.2 Å². The number of piperazine rings is 1. The van der Waals surface area contributed by atoms with Crippen molar-refractivity contribution in [3.05, 3.63) is 59.5 Å². The molecule has 1 aliphatic heterocycles. The number of primary sulfonamides is 1. The van der Waals surface area contributed by atoms with E-state index in [9.17, 15) is 13.2 Å². The quantitative estimate of drug-likeness (QED) is 0.523. The van der Waals surface area contributed by atoms with E-state index in [0.29, 0.717) is 43.6 Å². The Kier molecular flexibility index (Phi) is 6.69. The Balaban J connectivity index is 1.47. The molecule has 1 aliphatic rings. The number of esters is 1. The number of nitrogens with two attached hydrogens (primary N) is 1. The van der Waals surface area contributed by atoms with Gasteiger partial charge in [-0.2, -0.15) is 4.98 Å². The lowest BCUT2D eigenvalue weighted by molar-refractivity contribution is 0.0601. The van der Waals surface area contributed by atoms with Crippen LogP contribution in [-0.4, -0.2) is 62.7 Å². The number of rotatable bonds is 6. The summed E-state index contributed by atoms with van der Waals surface area (Å²) in [6.07, 6.45) is 0. The molecule has 11 heteroatoms. The Labute approximate surface area is 198 Å². The molecule has 1 saturated heterocycles. The van der Waals surface area contributed by atoms with E-state index in [0.717, 1.165) is 11.1 Å². The number of hydrogen-bond acceptors (Lipinski definition) is 9. The summed E-state index contributed by atoms with van der Waals surface area (Å²) in [4.78, 5) is 21.0. The fourth-order valence-electron chi connectivity index (χ4n) is 3.97. The van der Waals surface area contributed by atoms with E-state index in [2.05, 4.69) is 15.0 Å². The van der Waals surface area contributed by atoms with Crippen LogP contribution in [0, 0.1) is 6.92 Å². The van der Waals surface area contributed by atoms with Crippen LogP contribution in [0.1, 0.15) is 34.8 Å². The Morgan fingerprint density at radius 1 is 1.12 bits per heavy atom. The van der Waals surface area contributed by atoms with Crippen LogP contribution in [0.25, 0.3) is 11.4 Å². The Hall–Kier alpha value is -3.28. The molecule has 2 N–H and O–H groups in total. The van der Waals surface area contributed by atoms with Crippen LogP contribution in [-0.2, 0) is 14.8 Å². The zero-order valence-electron chi connectivity index (χ0n) is 19.3. The molecule has 1 unspecified atom stereocenters. The van der Waals surface area contributed by atoms with Crippen LogP contribution in [0.15, 0.2) is 51.9 Å². The highest BCUT2D eigenvalue weighted by molar-refractivity contribution is 7.89. The van der Waals surface area contributed by atoms with Gasteiger partial charge in [-0.15, -0.1) is 0 Å². The second kappa shape index (κ2) is 9.53. The molecule has 0 bridgehead atoms. The lowest BCUT2D eigenvalue weighted by atomic mass is 10.1. The van der Waals surface area contributed by atoms with E-state index < -0.39 is 16.0 Å². The molecule has 0 aliphatic carbocycles. The SMILES string of the molecule is COC(=O)c1cc(S(N)(=O)=O)ccc1N1CCN(C(C)c2nc(-c3ccc(C)cc3)no2)CC1. The van der Waals surface area contributed by atoms with Crippen LogP contribution in [0.5, 0.6) is 0 Å². The van der Waals surface area contributed by atoms with Gasteiger partial charge in [0.2, 0.25) is 21.7 Å². The molecule has 180 valence electrons. The summed E-state index contributed by atoms with van der Waals surface area (Å²) in [6, 6.07) is 12.1. The molecule has 1 fully saturated rings. The highest BCUT2D eigenvalue weighted by Crippen LogP contribution is 2.28. The molecule has 3 aromatic rings. The fourth-order valence-corrected chi connectivity index (χ4v) is 4.51. The number of hydrogen-bond donors (Lipinski definition) is 1. The number of carbonyl (C=O) groups excluding carboxylic acids is 1. The van der Waals surface area contributed by atoms with Gasteiger partial charge < -0.3 is 14.2 Å². The van der Waals surface area contributed by atoms with E-state index >= 15 is 0 Å². The van der Waals surface area contributed by atoms with Gasteiger partial charge in [-0.3, -0.25) is 4.90 Å². The van der Waals surface area contributed by atoms with Crippen molar-refractivity contribution >= 4 is 21.7 Å². The monoisotopic (exact) mass is 485 g/mol. The Morgan fingerprint density at radius 2 is 1.79 bits per heavy atom. The third kappa shape index (κ3) is 4.96. The van der Waals surface area contributed by atoms with Crippen molar-refractivity contribution in [1.29, 1.82) is 0 Å². The maximum Gasteiger partial charge on any atom is 0.340 e. The molecular weight excluding hydrogens is 458 g/mol. The minimum absolute atomic E-state index is 0.0846. The number of carbonyl (C=O) groups is 1. The van der Waals surface area contributed by atoms with Crippen LogP contribution < -0.4 is 10.0 Å². The van der Waals surface area contributed by atoms with Gasteiger partial charge in [0.25, 0.3) is 0 Å². The first-order valence-electron chi connectivity index (χ1n) is 10.8. The number of benzene rings is 2. The molecular formula is C23H27N5O5S. The molecule has 0 radical (unpaired) electrons. The Bertz CT molecular complexity index is 1280. The van der Waals surface area contributed by atoms with Crippen LogP contribution >= 0.6 is 0 Å². The first-order chi connectivity index (χ1) is 16.2. The van der Waals surface area contributed by atoms with Crippen molar-refractivity contribution in [3.8, 4) is 11.4 Å². The topological polar surface area (TPSA) is 132 Å². The van der Waals surface area contributed by atoms with Crippen molar-refractivity contribution in [2.24, 2.45) is 5.14 Å². The smallest absolute Gasteiger partial charge is 0.340 e. The van der Waals surface area contributed by atoms with Crippen molar-refractivity contribution in [3.63, 3.8) is 0 Å². The molecule has 2 aromatic carbocycles. The molecule has 1 atom stereocenters. The van der Waals surface area contributed by atoms with Gasteiger partial charge in [0, 0.05) is 31.7 Å². The zero-order valence-corrected chi connectivity index (χ0v) is 20.1. The second-order valence-electron chi connectivity index (χ2n) is 8.24.